The summed E-state index contributed by atoms with van der Waals surface area (Å²) in [6.07, 6.45) is 1.05. The van der Waals surface area contributed by atoms with Gasteiger partial charge in [-0.2, -0.15) is 0 Å². The molecule has 3 amide bonds. The number of hydrogen-bond donors (Lipinski definition) is 2. The van der Waals surface area contributed by atoms with E-state index in [4.69, 9.17) is 16.3 Å². The number of benzene rings is 2. The number of carbonyl (C=O) groups excluding carboxylic acids is 4. The molecule has 0 saturated carbocycles. The number of fused-ring (bicyclic) bond motifs is 1. The van der Waals surface area contributed by atoms with Crippen LogP contribution in [0, 0.1) is 0 Å². The first-order chi connectivity index (χ1) is 18.7. The minimum Gasteiger partial charge on any atom is -0.465 e. The Balaban J connectivity index is 1.49. The molecule has 11 heteroatoms. The average Bonchev–Trinajstić information content (AvgIpc) is 3.28. The fourth-order valence-corrected chi connectivity index (χ4v) is 6.70. The molecule has 0 fully saturated rings. The van der Waals surface area contributed by atoms with Crippen LogP contribution in [-0.4, -0.2) is 47.5 Å². The molecule has 2 N–H and O–H groups in total. The zero-order chi connectivity index (χ0) is 28.1. The summed E-state index contributed by atoms with van der Waals surface area (Å²) < 4.78 is 5.01. The van der Waals surface area contributed by atoms with E-state index in [9.17, 15) is 19.2 Å². The first-order valence-corrected chi connectivity index (χ1v) is 14.4. The molecule has 0 bridgehead atoms. The number of thiophene rings is 1. The van der Waals surface area contributed by atoms with E-state index >= 15 is 0 Å². The number of amides is 3. The molecule has 1 aromatic heterocycles. The molecule has 1 aliphatic heterocycles. The van der Waals surface area contributed by atoms with Gasteiger partial charge in [-0.05, 0) is 54.8 Å². The summed E-state index contributed by atoms with van der Waals surface area (Å²) >= 11 is 8.67. The van der Waals surface area contributed by atoms with E-state index in [-0.39, 0.29) is 17.7 Å². The van der Waals surface area contributed by atoms with Crippen LogP contribution in [0.1, 0.15) is 51.4 Å². The Hall–Kier alpha value is -3.34. The number of hydrogen-bond acceptors (Lipinski definition) is 7. The van der Waals surface area contributed by atoms with Crippen molar-refractivity contribution in [3.63, 3.8) is 0 Å². The lowest BCUT2D eigenvalue weighted by Crippen LogP contribution is -2.34. The molecule has 2 heterocycles. The van der Waals surface area contributed by atoms with Gasteiger partial charge in [-0.3, -0.25) is 14.4 Å². The van der Waals surface area contributed by atoms with Crippen molar-refractivity contribution in [2.24, 2.45) is 0 Å². The van der Waals surface area contributed by atoms with Gasteiger partial charge in [-0.25, -0.2) is 4.79 Å². The van der Waals surface area contributed by atoms with E-state index in [0.717, 1.165) is 15.3 Å². The molecule has 204 valence electrons. The first-order valence-electron chi connectivity index (χ1n) is 12.3. The highest BCUT2D eigenvalue weighted by molar-refractivity contribution is 8.00. The number of ether oxygens (including phenoxy) is 1. The van der Waals surface area contributed by atoms with Crippen molar-refractivity contribution >= 4 is 69.1 Å². The van der Waals surface area contributed by atoms with E-state index in [1.165, 1.54) is 37.1 Å². The Bertz CT molecular complexity index is 1420. The number of thioether (sulfide) groups is 1. The summed E-state index contributed by atoms with van der Waals surface area (Å²) in [5.41, 5.74) is 2.22. The Morgan fingerprint density at radius 1 is 1.13 bits per heavy atom. The molecule has 1 unspecified atom stereocenters. The van der Waals surface area contributed by atoms with Crippen LogP contribution in [0.5, 0.6) is 0 Å². The molecule has 1 atom stereocenters. The Labute approximate surface area is 240 Å². The van der Waals surface area contributed by atoms with Crippen LogP contribution in [0.4, 0.5) is 10.7 Å². The highest BCUT2D eigenvalue weighted by Crippen LogP contribution is 2.38. The third-order valence-electron chi connectivity index (χ3n) is 6.25. The van der Waals surface area contributed by atoms with Gasteiger partial charge >= 0.3 is 5.97 Å². The first kappa shape index (κ1) is 28.7. The van der Waals surface area contributed by atoms with Crippen molar-refractivity contribution in [1.29, 1.82) is 0 Å². The zero-order valence-electron chi connectivity index (χ0n) is 21.7. The summed E-state index contributed by atoms with van der Waals surface area (Å²) in [7, 11) is 1.31. The topological polar surface area (TPSA) is 105 Å². The summed E-state index contributed by atoms with van der Waals surface area (Å²) in [6, 6.07) is 13.9. The number of nitrogens with one attached hydrogen (secondary N) is 2. The Morgan fingerprint density at radius 3 is 2.59 bits per heavy atom. The second-order valence-corrected chi connectivity index (χ2v) is 11.7. The highest BCUT2D eigenvalue weighted by Gasteiger charge is 2.31. The van der Waals surface area contributed by atoms with Gasteiger partial charge in [0.15, 0.2) is 0 Å². The normalized spacial score (nSPS) is 13.3. The number of nitrogens with zero attached hydrogens (tertiary/aromatic N) is 1. The Morgan fingerprint density at radius 2 is 1.90 bits per heavy atom. The monoisotopic (exact) mass is 585 g/mol. The molecule has 3 aromatic rings. The quantitative estimate of drug-likeness (QED) is 0.254. The van der Waals surface area contributed by atoms with Crippen molar-refractivity contribution in [3.05, 3.63) is 75.1 Å². The molecule has 39 heavy (non-hydrogen) atoms. The fourth-order valence-electron chi connectivity index (χ4n) is 4.24. The minimum atomic E-state index is -0.511. The van der Waals surface area contributed by atoms with Crippen LogP contribution < -0.4 is 10.6 Å². The van der Waals surface area contributed by atoms with Crippen LogP contribution in [0.15, 0.2) is 53.4 Å². The van der Waals surface area contributed by atoms with Crippen LogP contribution >= 0.6 is 34.7 Å². The van der Waals surface area contributed by atoms with Crippen LogP contribution in [0.25, 0.3) is 0 Å². The second kappa shape index (κ2) is 12.7. The van der Waals surface area contributed by atoms with Crippen molar-refractivity contribution in [2.75, 3.05) is 24.3 Å². The summed E-state index contributed by atoms with van der Waals surface area (Å²) in [4.78, 5) is 53.9. The molecule has 0 radical (unpaired) electrons. The Kier molecular flexibility index (Phi) is 9.32. The predicted octanol–water partition coefficient (Wildman–Crippen LogP) is 5.85. The van der Waals surface area contributed by atoms with Crippen LogP contribution in [0.2, 0.25) is 5.02 Å². The zero-order valence-corrected chi connectivity index (χ0v) is 24.1. The standard InChI is InChI=1S/C28H28ClN3O5S2/c1-4-22(38-20-10-6-9-19(14-20)30-25(34)17-7-5-8-18(29)13-17)26(35)31-27-24(28(36)37-3)21-11-12-32(16(2)33)15-23(21)39-27/h5-10,13-14,22H,4,11-12,15H2,1-3H3,(H,30,34)(H,31,35). The number of halogens is 1. The maximum absolute atomic E-state index is 13.4. The fraction of sp³-hybridized carbons (Fsp3) is 0.286. The molecular weight excluding hydrogens is 558 g/mol. The molecular formula is C28H28ClN3O5S2. The van der Waals surface area contributed by atoms with Crippen molar-refractivity contribution in [2.45, 2.75) is 43.4 Å². The third-order valence-corrected chi connectivity index (χ3v) is 8.97. The van der Waals surface area contributed by atoms with Crippen LogP contribution in [0.3, 0.4) is 0 Å². The second-order valence-electron chi connectivity index (χ2n) is 8.89. The predicted molar refractivity (Wildman–Crippen MR) is 155 cm³/mol. The maximum Gasteiger partial charge on any atom is 0.341 e. The van der Waals surface area contributed by atoms with Gasteiger partial charge in [0.25, 0.3) is 5.91 Å². The summed E-state index contributed by atoms with van der Waals surface area (Å²) in [5.74, 6) is -1.08. The number of methoxy groups -OCH3 is 1. The number of rotatable bonds is 8. The molecule has 4 rings (SSSR count). The van der Waals surface area contributed by atoms with Gasteiger partial charge < -0.3 is 20.3 Å². The van der Waals surface area contributed by atoms with Gasteiger partial charge in [0.1, 0.15) is 5.00 Å². The van der Waals surface area contributed by atoms with Crippen LogP contribution in [-0.2, 0) is 27.3 Å². The number of anilines is 2. The summed E-state index contributed by atoms with van der Waals surface area (Å²) in [6.45, 7) is 4.33. The number of carbonyl (C=O) groups is 4. The molecule has 1 aliphatic rings. The van der Waals surface area contributed by atoms with Gasteiger partial charge in [0.2, 0.25) is 11.8 Å². The summed E-state index contributed by atoms with van der Waals surface area (Å²) in [5, 5.41) is 6.26. The lowest BCUT2D eigenvalue weighted by Gasteiger charge is -2.25. The maximum atomic E-state index is 13.4. The van der Waals surface area contributed by atoms with Gasteiger partial charge in [-0.15, -0.1) is 23.1 Å². The molecule has 2 aromatic carbocycles. The van der Waals surface area contributed by atoms with E-state index in [1.54, 1.807) is 35.2 Å². The molecule has 0 spiro atoms. The van der Waals surface area contributed by atoms with Gasteiger partial charge in [0.05, 0.1) is 24.5 Å². The molecule has 0 saturated heterocycles. The van der Waals surface area contributed by atoms with E-state index < -0.39 is 11.2 Å². The van der Waals surface area contributed by atoms with E-state index in [2.05, 4.69) is 10.6 Å². The molecule has 8 nitrogen and oxygen atoms in total. The van der Waals surface area contributed by atoms with E-state index in [1.807, 2.05) is 25.1 Å². The van der Waals surface area contributed by atoms with Crippen molar-refractivity contribution < 1.29 is 23.9 Å². The van der Waals surface area contributed by atoms with Crippen molar-refractivity contribution in [1.82, 2.24) is 4.90 Å². The van der Waals surface area contributed by atoms with Crippen molar-refractivity contribution in [3.8, 4) is 0 Å². The van der Waals surface area contributed by atoms with Gasteiger partial charge in [0, 0.05) is 39.5 Å². The lowest BCUT2D eigenvalue weighted by molar-refractivity contribution is -0.129. The largest absolute Gasteiger partial charge is 0.465 e. The smallest absolute Gasteiger partial charge is 0.341 e. The number of esters is 1. The third kappa shape index (κ3) is 6.81. The average molecular weight is 586 g/mol. The van der Waals surface area contributed by atoms with Gasteiger partial charge in [-0.1, -0.05) is 30.7 Å². The SMILES string of the molecule is CCC(Sc1cccc(NC(=O)c2cccc(Cl)c2)c1)C(=O)Nc1sc2c(c1C(=O)OC)CCN(C(C)=O)C2. The minimum absolute atomic E-state index is 0.0345. The lowest BCUT2D eigenvalue weighted by atomic mass is 10.0. The highest BCUT2D eigenvalue weighted by atomic mass is 35.5. The van der Waals surface area contributed by atoms with E-state index in [0.29, 0.717) is 52.8 Å². The molecule has 0 aliphatic carbocycles.